The van der Waals surface area contributed by atoms with Crippen molar-refractivity contribution in [2.24, 2.45) is 0 Å². The molecule has 0 unspecified atom stereocenters. The van der Waals surface area contributed by atoms with Gasteiger partial charge in [-0.25, -0.2) is 4.79 Å². The molecule has 1 heterocycles. The number of hydroxylamine groups is 2. The Morgan fingerprint density at radius 1 is 1.00 bits per heavy atom. The third kappa shape index (κ3) is 7.21. The van der Waals surface area contributed by atoms with Gasteiger partial charge in [-0.1, -0.05) is 11.1 Å². The van der Waals surface area contributed by atoms with E-state index in [4.69, 9.17) is 9.47 Å². The highest BCUT2D eigenvalue weighted by Crippen LogP contribution is 2.12. The molecular formula is C12H21NO7Si. The van der Waals surface area contributed by atoms with Crippen LogP contribution in [0.2, 0.25) is 6.04 Å². The number of amides is 2. The van der Waals surface area contributed by atoms with Crippen LogP contribution in [0, 0.1) is 0 Å². The van der Waals surface area contributed by atoms with Crippen molar-refractivity contribution in [3.8, 4) is 0 Å². The van der Waals surface area contributed by atoms with Gasteiger partial charge in [-0.3, -0.25) is 14.4 Å². The van der Waals surface area contributed by atoms with Gasteiger partial charge in [-0.05, 0) is 6.42 Å². The van der Waals surface area contributed by atoms with E-state index >= 15 is 0 Å². The summed E-state index contributed by atoms with van der Waals surface area (Å²) in [5.41, 5.74) is 0. The van der Waals surface area contributed by atoms with E-state index in [9.17, 15) is 14.4 Å². The van der Waals surface area contributed by atoms with Crippen LogP contribution in [0.3, 0.4) is 0 Å². The molecule has 9 heteroatoms. The Labute approximate surface area is 126 Å². The number of ether oxygens (including phenoxy) is 3. The van der Waals surface area contributed by atoms with Crippen LogP contribution < -0.4 is 0 Å². The van der Waals surface area contributed by atoms with Gasteiger partial charge >= 0.3 is 6.16 Å². The maximum absolute atomic E-state index is 11.2. The normalized spacial score (nSPS) is 14.8. The number of nitrogens with zero attached hydrogens (tertiary/aromatic N) is 1. The van der Waals surface area contributed by atoms with Gasteiger partial charge in [0.15, 0.2) is 0 Å². The summed E-state index contributed by atoms with van der Waals surface area (Å²) in [6.07, 6.45) is 0.0885. The van der Waals surface area contributed by atoms with Crippen LogP contribution in [0.1, 0.15) is 19.3 Å². The number of hydrogen-bond donors (Lipinski definition) is 0. The van der Waals surface area contributed by atoms with Crippen LogP contribution in [0.25, 0.3) is 0 Å². The molecule has 0 N–H and O–H groups in total. The van der Waals surface area contributed by atoms with Crippen molar-refractivity contribution in [1.29, 1.82) is 0 Å². The molecule has 1 aliphatic heterocycles. The molecule has 0 radical (unpaired) electrons. The molecule has 1 fully saturated rings. The molecule has 0 saturated carbocycles. The van der Waals surface area contributed by atoms with E-state index in [1.54, 1.807) is 0 Å². The Kier molecular flexibility index (Phi) is 8.63. The molecule has 0 spiro atoms. The first kappa shape index (κ1) is 17.6. The van der Waals surface area contributed by atoms with Crippen molar-refractivity contribution in [2.45, 2.75) is 25.3 Å². The first-order chi connectivity index (χ1) is 10.1. The molecule has 0 aliphatic carbocycles. The minimum atomic E-state index is -1.09. The molecular weight excluding hydrogens is 298 g/mol. The molecule has 0 atom stereocenters. The zero-order chi connectivity index (χ0) is 15.5. The fourth-order valence-electron chi connectivity index (χ4n) is 1.51. The highest BCUT2D eigenvalue weighted by Gasteiger charge is 2.33. The minimum absolute atomic E-state index is 0.0182. The lowest BCUT2D eigenvalue weighted by atomic mass is 10.4. The molecule has 120 valence electrons. The quantitative estimate of drug-likeness (QED) is 0.230. The fraction of sp³-hybridized carbons (Fsp3) is 0.750. The molecule has 0 aromatic heterocycles. The number of carbonyl (C=O) groups is 3. The SMILES string of the molecule is O=C(OCCOCCOCCC[SiH3])ON1C(=O)CCC1=O. The minimum Gasteiger partial charge on any atom is -0.430 e. The summed E-state index contributed by atoms with van der Waals surface area (Å²) in [4.78, 5) is 38.1. The number of carbonyl (C=O) groups excluding carboxylic acids is 3. The smallest absolute Gasteiger partial charge is 0.430 e. The van der Waals surface area contributed by atoms with Crippen LogP contribution in [-0.2, 0) is 28.6 Å². The van der Waals surface area contributed by atoms with E-state index in [2.05, 4.69) is 9.57 Å². The average Bonchev–Trinajstić information content (AvgIpc) is 2.77. The van der Waals surface area contributed by atoms with E-state index in [1.807, 2.05) is 0 Å². The van der Waals surface area contributed by atoms with Crippen molar-refractivity contribution >= 4 is 28.2 Å². The van der Waals surface area contributed by atoms with Crippen molar-refractivity contribution in [3.05, 3.63) is 0 Å². The molecule has 1 saturated heterocycles. The largest absolute Gasteiger partial charge is 0.534 e. The zero-order valence-electron chi connectivity index (χ0n) is 12.2. The van der Waals surface area contributed by atoms with E-state index < -0.39 is 18.0 Å². The monoisotopic (exact) mass is 319 g/mol. The predicted octanol–water partition coefficient (Wildman–Crippen LogP) is -0.589. The summed E-state index contributed by atoms with van der Waals surface area (Å²) >= 11 is 0. The Bertz CT molecular complexity index is 348. The van der Waals surface area contributed by atoms with E-state index in [0.29, 0.717) is 18.3 Å². The summed E-state index contributed by atoms with van der Waals surface area (Å²) < 4.78 is 15.2. The highest BCUT2D eigenvalue weighted by molar-refractivity contribution is 6.08. The third-order valence-corrected chi connectivity index (χ3v) is 3.34. The maximum atomic E-state index is 11.2. The van der Waals surface area contributed by atoms with Crippen LogP contribution in [0.15, 0.2) is 0 Å². The second-order valence-corrected chi connectivity index (χ2v) is 5.35. The summed E-state index contributed by atoms with van der Waals surface area (Å²) in [6, 6.07) is 1.22. The topological polar surface area (TPSA) is 91.4 Å². The van der Waals surface area contributed by atoms with Gasteiger partial charge in [0.25, 0.3) is 11.8 Å². The fourth-order valence-corrected chi connectivity index (χ4v) is 1.80. The number of imide groups is 1. The van der Waals surface area contributed by atoms with Gasteiger partial charge in [0.05, 0.1) is 19.8 Å². The van der Waals surface area contributed by atoms with E-state index in [-0.39, 0.29) is 26.1 Å². The Hall–Kier alpha value is -1.45. The first-order valence-electron chi connectivity index (χ1n) is 7.01. The molecule has 0 aromatic carbocycles. The van der Waals surface area contributed by atoms with Gasteiger partial charge in [-0.2, -0.15) is 0 Å². The standard InChI is InChI=1S/C12H21NO7Si/c14-10-2-3-11(15)13(10)20-12(16)19-8-7-18-6-5-17-4-1-9-21/h1-9H2,21H3. The Balaban J connectivity index is 1.96. The maximum Gasteiger partial charge on any atom is 0.534 e. The predicted molar refractivity (Wildman–Crippen MR) is 74.5 cm³/mol. The summed E-state index contributed by atoms with van der Waals surface area (Å²) in [5, 5.41) is 0.438. The van der Waals surface area contributed by atoms with E-state index in [1.165, 1.54) is 16.3 Å². The Morgan fingerprint density at radius 2 is 1.57 bits per heavy atom. The van der Waals surface area contributed by atoms with Crippen molar-refractivity contribution < 1.29 is 33.4 Å². The van der Waals surface area contributed by atoms with Gasteiger partial charge < -0.3 is 14.2 Å². The molecule has 1 rings (SSSR count). The second kappa shape index (κ2) is 10.3. The summed E-state index contributed by atoms with van der Waals surface area (Å²) in [7, 11) is 1.19. The van der Waals surface area contributed by atoms with Gasteiger partial charge in [0.1, 0.15) is 6.61 Å². The van der Waals surface area contributed by atoms with Crippen LogP contribution in [-0.4, -0.2) is 66.3 Å². The van der Waals surface area contributed by atoms with E-state index in [0.717, 1.165) is 13.0 Å². The van der Waals surface area contributed by atoms with Gasteiger partial charge in [0.2, 0.25) is 0 Å². The molecule has 0 aromatic rings. The zero-order valence-corrected chi connectivity index (χ0v) is 14.2. The van der Waals surface area contributed by atoms with Crippen molar-refractivity contribution in [2.75, 3.05) is 33.0 Å². The lowest BCUT2D eigenvalue weighted by Gasteiger charge is -2.12. The number of rotatable bonds is 10. The van der Waals surface area contributed by atoms with Crippen molar-refractivity contribution in [1.82, 2.24) is 5.06 Å². The first-order valence-corrected chi connectivity index (χ1v) is 8.42. The third-order valence-electron chi connectivity index (χ3n) is 2.63. The number of hydrogen-bond acceptors (Lipinski definition) is 7. The summed E-state index contributed by atoms with van der Waals surface area (Å²) in [6.45, 7) is 1.84. The highest BCUT2D eigenvalue weighted by atomic mass is 28.1. The lowest BCUT2D eigenvalue weighted by molar-refractivity contribution is -0.177. The van der Waals surface area contributed by atoms with Crippen molar-refractivity contribution in [3.63, 3.8) is 0 Å². The van der Waals surface area contributed by atoms with Crippen LogP contribution in [0.5, 0.6) is 0 Å². The van der Waals surface area contributed by atoms with Gasteiger partial charge in [0, 0.05) is 29.7 Å². The summed E-state index contributed by atoms with van der Waals surface area (Å²) in [5.74, 6) is -1.08. The molecule has 2 amide bonds. The molecule has 0 bridgehead atoms. The van der Waals surface area contributed by atoms with Crippen LogP contribution in [0.4, 0.5) is 4.79 Å². The van der Waals surface area contributed by atoms with Gasteiger partial charge in [-0.15, -0.1) is 0 Å². The molecule has 21 heavy (non-hydrogen) atoms. The average molecular weight is 319 g/mol. The molecule has 1 aliphatic rings. The second-order valence-electron chi connectivity index (χ2n) is 4.35. The molecule has 8 nitrogen and oxygen atoms in total. The lowest BCUT2D eigenvalue weighted by Crippen LogP contribution is -2.32. The Morgan fingerprint density at radius 3 is 2.19 bits per heavy atom. The van der Waals surface area contributed by atoms with Crippen LogP contribution >= 0.6 is 0 Å².